The topological polar surface area (TPSA) is 37.3 Å². The number of carbonyl (C=O) groups excluding carboxylic acids is 1. The van der Waals surface area contributed by atoms with Crippen molar-refractivity contribution < 1.29 is 9.90 Å². The second-order valence-electron chi connectivity index (χ2n) is 4.18. The first-order chi connectivity index (χ1) is 6.06. The molecule has 0 saturated heterocycles. The second-order valence-corrected chi connectivity index (χ2v) is 4.18. The minimum atomic E-state index is 0.0283. The normalized spacial score (nSPS) is 34.7. The monoisotopic (exact) mass is 182 g/mol. The van der Waals surface area contributed by atoms with E-state index in [1.54, 1.807) is 0 Å². The van der Waals surface area contributed by atoms with Gasteiger partial charge < -0.3 is 5.11 Å². The summed E-state index contributed by atoms with van der Waals surface area (Å²) in [6.07, 6.45) is 1.53. The SMILES string of the molecule is C=C(C)C1CC(=O)C(C)C(CO)C1. The minimum Gasteiger partial charge on any atom is -0.396 e. The number of aliphatic hydroxyl groups is 1. The van der Waals surface area contributed by atoms with E-state index < -0.39 is 0 Å². The predicted octanol–water partition coefficient (Wildman–Crippen LogP) is 1.79. The van der Waals surface area contributed by atoms with Crippen LogP contribution in [-0.4, -0.2) is 17.5 Å². The number of aliphatic hydroxyl groups excluding tert-OH is 1. The standard InChI is InChI=1S/C11H18O2/c1-7(2)9-4-10(6-12)8(3)11(13)5-9/h8-10,12H,1,4-6H2,2-3H3. The molecule has 1 saturated carbocycles. The third kappa shape index (κ3) is 2.19. The van der Waals surface area contributed by atoms with E-state index in [1.807, 2.05) is 13.8 Å². The summed E-state index contributed by atoms with van der Waals surface area (Å²) in [5.74, 6) is 0.739. The van der Waals surface area contributed by atoms with Gasteiger partial charge in [-0.1, -0.05) is 19.1 Å². The first-order valence-electron chi connectivity index (χ1n) is 4.85. The van der Waals surface area contributed by atoms with Gasteiger partial charge in [0.15, 0.2) is 0 Å². The van der Waals surface area contributed by atoms with Crippen LogP contribution < -0.4 is 0 Å². The van der Waals surface area contributed by atoms with Crippen LogP contribution in [0.3, 0.4) is 0 Å². The number of rotatable bonds is 2. The Kier molecular flexibility index (Phi) is 3.26. The number of allylic oxidation sites excluding steroid dienone is 1. The average Bonchev–Trinajstić information content (AvgIpc) is 2.09. The van der Waals surface area contributed by atoms with Crippen LogP contribution >= 0.6 is 0 Å². The quantitative estimate of drug-likeness (QED) is 0.661. The van der Waals surface area contributed by atoms with Gasteiger partial charge in [0.05, 0.1) is 0 Å². The smallest absolute Gasteiger partial charge is 0.136 e. The van der Waals surface area contributed by atoms with Crippen LogP contribution in [0.15, 0.2) is 12.2 Å². The van der Waals surface area contributed by atoms with E-state index in [2.05, 4.69) is 6.58 Å². The van der Waals surface area contributed by atoms with Gasteiger partial charge in [0, 0.05) is 18.9 Å². The Labute approximate surface area is 79.6 Å². The van der Waals surface area contributed by atoms with Crippen LogP contribution in [0.5, 0.6) is 0 Å². The summed E-state index contributed by atoms with van der Waals surface area (Å²) in [6, 6.07) is 0. The summed E-state index contributed by atoms with van der Waals surface area (Å²) in [5.41, 5.74) is 1.07. The molecule has 1 aliphatic carbocycles. The summed E-state index contributed by atoms with van der Waals surface area (Å²) in [5, 5.41) is 9.10. The first-order valence-corrected chi connectivity index (χ1v) is 4.85. The molecule has 0 aromatic rings. The van der Waals surface area contributed by atoms with E-state index in [-0.39, 0.29) is 24.2 Å². The minimum absolute atomic E-state index is 0.0283. The number of carbonyl (C=O) groups is 1. The Morgan fingerprint density at radius 3 is 2.77 bits per heavy atom. The van der Waals surface area contributed by atoms with Gasteiger partial charge in [0.25, 0.3) is 0 Å². The van der Waals surface area contributed by atoms with Crippen molar-refractivity contribution in [1.82, 2.24) is 0 Å². The van der Waals surface area contributed by atoms with Gasteiger partial charge >= 0.3 is 0 Å². The molecule has 0 aromatic carbocycles. The van der Waals surface area contributed by atoms with Crippen molar-refractivity contribution in [3.05, 3.63) is 12.2 Å². The fourth-order valence-corrected chi connectivity index (χ4v) is 1.95. The highest BCUT2D eigenvalue weighted by molar-refractivity contribution is 5.82. The van der Waals surface area contributed by atoms with Gasteiger partial charge in [0.1, 0.15) is 5.78 Å². The molecule has 3 atom stereocenters. The summed E-state index contributed by atoms with van der Waals surface area (Å²) < 4.78 is 0. The number of Topliss-reactive ketones (excluding diaryl/α,β-unsaturated/α-hetero) is 1. The van der Waals surface area contributed by atoms with Crippen LogP contribution in [0.25, 0.3) is 0 Å². The number of ketones is 1. The van der Waals surface area contributed by atoms with Gasteiger partial charge in [-0.3, -0.25) is 4.79 Å². The molecular formula is C11H18O2. The molecule has 1 aliphatic rings. The predicted molar refractivity (Wildman–Crippen MR) is 52.3 cm³/mol. The van der Waals surface area contributed by atoms with Crippen molar-refractivity contribution in [2.45, 2.75) is 26.7 Å². The fourth-order valence-electron chi connectivity index (χ4n) is 1.95. The Hall–Kier alpha value is -0.630. The maximum absolute atomic E-state index is 11.5. The van der Waals surface area contributed by atoms with Gasteiger partial charge in [-0.2, -0.15) is 0 Å². The van der Waals surface area contributed by atoms with Crippen LogP contribution in [0.4, 0.5) is 0 Å². The number of hydrogen-bond donors (Lipinski definition) is 1. The maximum atomic E-state index is 11.5. The lowest BCUT2D eigenvalue weighted by molar-refractivity contribution is -0.128. The number of hydrogen-bond acceptors (Lipinski definition) is 2. The molecule has 0 amide bonds. The molecule has 0 spiro atoms. The Bertz CT molecular complexity index is 220. The lowest BCUT2D eigenvalue weighted by Crippen LogP contribution is -2.33. The fraction of sp³-hybridized carbons (Fsp3) is 0.727. The molecule has 2 nitrogen and oxygen atoms in total. The van der Waals surface area contributed by atoms with E-state index >= 15 is 0 Å². The summed E-state index contributed by atoms with van der Waals surface area (Å²) in [4.78, 5) is 11.5. The van der Waals surface area contributed by atoms with Crippen molar-refractivity contribution in [2.75, 3.05) is 6.61 Å². The third-order valence-corrected chi connectivity index (χ3v) is 3.18. The molecule has 1 fully saturated rings. The zero-order valence-electron chi connectivity index (χ0n) is 8.42. The third-order valence-electron chi connectivity index (χ3n) is 3.18. The highest BCUT2D eigenvalue weighted by Gasteiger charge is 2.33. The van der Waals surface area contributed by atoms with E-state index in [0.29, 0.717) is 12.3 Å². The molecule has 0 aliphatic heterocycles. The zero-order chi connectivity index (χ0) is 10.0. The highest BCUT2D eigenvalue weighted by atomic mass is 16.3. The molecular weight excluding hydrogens is 164 g/mol. The molecule has 3 unspecified atom stereocenters. The average molecular weight is 182 g/mol. The lowest BCUT2D eigenvalue weighted by Gasteiger charge is -2.32. The lowest BCUT2D eigenvalue weighted by atomic mass is 9.72. The van der Waals surface area contributed by atoms with Gasteiger partial charge in [-0.05, 0) is 25.2 Å². The van der Waals surface area contributed by atoms with Gasteiger partial charge in [-0.15, -0.1) is 0 Å². The maximum Gasteiger partial charge on any atom is 0.136 e. The van der Waals surface area contributed by atoms with Crippen LogP contribution in [0.1, 0.15) is 26.7 Å². The van der Waals surface area contributed by atoms with Gasteiger partial charge in [-0.25, -0.2) is 0 Å². The second kappa shape index (κ2) is 4.05. The van der Waals surface area contributed by atoms with Crippen molar-refractivity contribution in [3.8, 4) is 0 Å². The molecule has 1 N–H and O–H groups in total. The van der Waals surface area contributed by atoms with Crippen LogP contribution in [0.2, 0.25) is 0 Å². The van der Waals surface area contributed by atoms with Crippen molar-refractivity contribution in [1.29, 1.82) is 0 Å². The van der Waals surface area contributed by atoms with Crippen LogP contribution in [0, 0.1) is 17.8 Å². The summed E-state index contributed by atoms with van der Waals surface area (Å²) in [6.45, 7) is 7.87. The van der Waals surface area contributed by atoms with E-state index in [0.717, 1.165) is 12.0 Å². The van der Waals surface area contributed by atoms with Gasteiger partial charge in [0.2, 0.25) is 0 Å². The molecule has 0 radical (unpaired) electrons. The molecule has 13 heavy (non-hydrogen) atoms. The molecule has 2 heteroatoms. The largest absolute Gasteiger partial charge is 0.396 e. The summed E-state index contributed by atoms with van der Waals surface area (Å²) >= 11 is 0. The molecule has 0 heterocycles. The summed E-state index contributed by atoms with van der Waals surface area (Å²) in [7, 11) is 0. The van der Waals surface area contributed by atoms with E-state index in [9.17, 15) is 4.79 Å². The molecule has 0 aromatic heterocycles. The Balaban J connectivity index is 2.69. The van der Waals surface area contributed by atoms with Crippen LogP contribution in [-0.2, 0) is 4.79 Å². The Morgan fingerprint density at radius 1 is 1.69 bits per heavy atom. The highest BCUT2D eigenvalue weighted by Crippen LogP contribution is 2.34. The van der Waals surface area contributed by atoms with Crippen molar-refractivity contribution >= 4 is 5.78 Å². The van der Waals surface area contributed by atoms with E-state index in [1.165, 1.54) is 0 Å². The molecule has 1 rings (SSSR count). The Morgan fingerprint density at radius 2 is 2.31 bits per heavy atom. The molecule has 74 valence electrons. The first kappa shape index (κ1) is 10.5. The molecule has 0 bridgehead atoms. The van der Waals surface area contributed by atoms with E-state index in [4.69, 9.17) is 5.11 Å². The zero-order valence-corrected chi connectivity index (χ0v) is 8.42. The van der Waals surface area contributed by atoms with Crippen molar-refractivity contribution in [2.24, 2.45) is 17.8 Å². The van der Waals surface area contributed by atoms with Crippen molar-refractivity contribution in [3.63, 3.8) is 0 Å².